The summed E-state index contributed by atoms with van der Waals surface area (Å²) >= 11 is 0. The molecule has 1 aromatic rings. The number of rotatable bonds is 4. The van der Waals surface area contributed by atoms with E-state index in [1.165, 1.54) is 7.11 Å². The smallest absolute Gasteiger partial charge is 0.325 e. The molecule has 1 rings (SSSR count). The second-order valence-corrected chi connectivity index (χ2v) is 2.50. The number of aromatic nitrogens is 3. The Morgan fingerprint density at radius 3 is 2.60 bits per heavy atom. The highest BCUT2D eigenvalue weighted by Gasteiger charge is 2.08. The number of nitrogen functional groups attached to an aromatic ring is 1. The summed E-state index contributed by atoms with van der Waals surface area (Å²) in [6.45, 7) is 1.69. The molecular formula is C8H11N5O2. The van der Waals surface area contributed by atoms with Crippen LogP contribution in [0.15, 0.2) is 0 Å². The van der Waals surface area contributed by atoms with Crippen molar-refractivity contribution in [2.75, 3.05) is 12.5 Å². The van der Waals surface area contributed by atoms with E-state index in [2.05, 4.69) is 26.3 Å². The maximum atomic E-state index is 5.17. The van der Waals surface area contributed by atoms with E-state index < -0.39 is 6.10 Å². The summed E-state index contributed by atoms with van der Waals surface area (Å²) < 4.78 is 10.00. The number of hydrogen-bond acceptors (Lipinski definition) is 7. The number of nitrogens with zero attached hydrogens (tertiary/aromatic N) is 3. The largest absolute Gasteiger partial charge is 0.467 e. The molecule has 0 radical (unpaired) electrons. The highest BCUT2D eigenvalue weighted by atomic mass is 16.5. The van der Waals surface area contributed by atoms with Gasteiger partial charge in [-0.3, -0.25) is 5.43 Å². The molecule has 0 saturated carbocycles. The minimum absolute atomic E-state index is 0.0558. The van der Waals surface area contributed by atoms with E-state index in [4.69, 9.17) is 21.7 Å². The number of anilines is 1. The Labute approximate surface area is 87.0 Å². The first-order valence-electron chi connectivity index (χ1n) is 4.09. The molecule has 7 heteroatoms. The number of ether oxygens (including phenoxy) is 2. The topological polar surface area (TPSA) is 95.2 Å². The Kier molecular flexibility index (Phi) is 3.65. The van der Waals surface area contributed by atoms with Crippen molar-refractivity contribution in [3.05, 3.63) is 0 Å². The normalized spacial score (nSPS) is 11.3. The second kappa shape index (κ2) is 4.97. The first kappa shape index (κ1) is 11.0. The summed E-state index contributed by atoms with van der Waals surface area (Å²) in [4.78, 5) is 11.5. The third kappa shape index (κ3) is 2.96. The molecule has 0 aromatic carbocycles. The lowest BCUT2D eigenvalue weighted by Crippen LogP contribution is -2.15. The molecule has 0 spiro atoms. The number of hydrogen-bond donors (Lipinski definition) is 2. The zero-order chi connectivity index (χ0) is 11.3. The van der Waals surface area contributed by atoms with Crippen LogP contribution in [-0.4, -0.2) is 28.2 Å². The molecule has 1 atom stereocenters. The minimum Gasteiger partial charge on any atom is -0.467 e. The molecule has 1 aromatic heterocycles. The molecule has 0 aliphatic rings. The molecule has 0 aliphatic carbocycles. The van der Waals surface area contributed by atoms with E-state index in [1.807, 2.05) is 0 Å². The lowest BCUT2D eigenvalue weighted by Gasteiger charge is -2.08. The molecule has 0 saturated heterocycles. The van der Waals surface area contributed by atoms with Gasteiger partial charge in [-0.1, -0.05) is 5.92 Å². The van der Waals surface area contributed by atoms with Crippen LogP contribution >= 0.6 is 0 Å². The van der Waals surface area contributed by atoms with Crippen LogP contribution in [0.5, 0.6) is 12.0 Å². The number of methoxy groups -OCH3 is 1. The van der Waals surface area contributed by atoms with Gasteiger partial charge in [0.15, 0.2) is 6.10 Å². The average molecular weight is 209 g/mol. The van der Waals surface area contributed by atoms with Crippen molar-refractivity contribution >= 4 is 5.95 Å². The Morgan fingerprint density at radius 2 is 2.07 bits per heavy atom. The Bertz CT molecular complexity index is 354. The fourth-order valence-corrected chi connectivity index (χ4v) is 0.739. The SMILES string of the molecule is C#CC(C)Oc1nc(NN)nc(OC)n1. The van der Waals surface area contributed by atoms with Crippen LogP contribution in [0, 0.1) is 12.3 Å². The Hall–Kier alpha value is -2.07. The van der Waals surface area contributed by atoms with Crippen molar-refractivity contribution < 1.29 is 9.47 Å². The van der Waals surface area contributed by atoms with Crippen molar-refractivity contribution in [3.8, 4) is 24.4 Å². The molecule has 0 fully saturated rings. The van der Waals surface area contributed by atoms with Crippen molar-refractivity contribution in [3.63, 3.8) is 0 Å². The summed E-state index contributed by atoms with van der Waals surface area (Å²) in [6, 6.07) is 0.150. The number of nitrogens with one attached hydrogen (secondary N) is 1. The monoisotopic (exact) mass is 209 g/mol. The van der Waals surface area contributed by atoms with E-state index >= 15 is 0 Å². The lowest BCUT2D eigenvalue weighted by atomic mass is 10.4. The highest BCUT2D eigenvalue weighted by molar-refractivity contribution is 5.25. The Balaban J connectivity index is 2.92. The molecule has 3 N–H and O–H groups in total. The fraction of sp³-hybridized carbons (Fsp3) is 0.375. The van der Waals surface area contributed by atoms with Gasteiger partial charge in [-0.05, 0) is 6.92 Å². The van der Waals surface area contributed by atoms with Gasteiger partial charge in [0.2, 0.25) is 5.95 Å². The van der Waals surface area contributed by atoms with Crippen LogP contribution in [-0.2, 0) is 0 Å². The van der Waals surface area contributed by atoms with Crippen molar-refractivity contribution in [1.82, 2.24) is 15.0 Å². The zero-order valence-corrected chi connectivity index (χ0v) is 8.39. The van der Waals surface area contributed by atoms with Crippen LogP contribution in [0.1, 0.15) is 6.92 Å². The van der Waals surface area contributed by atoms with E-state index in [9.17, 15) is 0 Å². The Morgan fingerprint density at radius 1 is 1.40 bits per heavy atom. The number of nitrogens with two attached hydrogens (primary N) is 1. The molecule has 0 amide bonds. The zero-order valence-electron chi connectivity index (χ0n) is 8.39. The number of terminal acetylenes is 1. The van der Waals surface area contributed by atoms with Gasteiger partial charge >= 0.3 is 12.0 Å². The van der Waals surface area contributed by atoms with Crippen LogP contribution < -0.4 is 20.7 Å². The third-order valence-electron chi connectivity index (χ3n) is 1.42. The predicted molar refractivity (Wildman–Crippen MR) is 53.1 cm³/mol. The fourth-order valence-electron chi connectivity index (χ4n) is 0.739. The summed E-state index contributed by atoms with van der Waals surface area (Å²) in [5.41, 5.74) is 2.26. The van der Waals surface area contributed by atoms with Gasteiger partial charge in [0, 0.05) is 0 Å². The van der Waals surface area contributed by atoms with Gasteiger partial charge in [-0.25, -0.2) is 5.84 Å². The molecule has 80 valence electrons. The summed E-state index contributed by atoms with van der Waals surface area (Å²) in [5.74, 6) is 7.66. The minimum atomic E-state index is -0.442. The maximum absolute atomic E-state index is 5.17. The van der Waals surface area contributed by atoms with Crippen molar-refractivity contribution in [2.24, 2.45) is 5.84 Å². The van der Waals surface area contributed by atoms with Gasteiger partial charge in [0.05, 0.1) is 7.11 Å². The van der Waals surface area contributed by atoms with Crippen molar-refractivity contribution in [2.45, 2.75) is 13.0 Å². The van der Waals surface area contributed by atoms with Crippen LogP contribution in [0.3, 0.4) is 0 Å². The van der Waals surface area contributed by atoms with Crippen LogP contribution in [0.2, 0.25) is 0 Å². The molecule has 0 bridgehead atoms. The quantitative estimate of drug-likeness (QED) is 0.394. The lowest BCUT2D eigenvalue weighted by molar-refractivity contribution is 0.249. The first-order chi connectivity index (χ1) is 7.19. The summed E-state index contributed by atoms with van der Waals surface area (Å²) in [7, 11) is 1.42. The van der Waals surface area contributed by atoms with Gasteiger partial charge < -0.3 is 9.47 Å². The molecule has 15 heavy (non-hydrogen) atoms. The maximum Gasteiger partial charge on any atom is 0.325 e. The highest BCUT2D eigenvalue weighted by Crippen LogP contribution is 2.12. The first-order valence-corrected chi connectivity index (χ1v) is 4.09. The van der Waals surface area contributed by atoms with Crippen LogP contribution in [0.4, 0.5) is 5.95 Å². The van der Waals surface area contributed by atoms with Gasteiger partial charge in [-0.2, -0.15) is 9.97 Å². The van der Waals surface area contributed by atoms with E-state index in [-0.39, 0.29) is 18.0 Å². The van der Waals surface area contributed by atoms with Gasteiger partial charge in [-0.15, -0.1) is 11.4 Å². The second-order valence-electron chi connectivity index (χ2n) is 2.50. The van der Waals surface area contributed by atoms with E-state index in [0.717, 1.165) is 0 Å². The van der Waals surface area contributed by atoms with E-state index in [1.54, 1.807) is 6.92 Å². The molecular weight excluding hydrogens is 198 g/mol. The van der Waals surface area contributed by atoms with Gasteiger partial charge in [0.1, 0.15) is 0 Å². The summed E-state index contributed by atoms with van der Waals surface area (Å²) in [6.07, 6.45) is 4.70. The van der Waals surface area contributed by atoms with Crippen molar-refractivity contribution in [1.29, 1.82) is 0 Å². The standard InChI is InChI=1S/C8H11N5O2/c1-4-5(2)15-8-11-6(13-9)10-7(12-8)14-3/h1,5H,9H2,2-3H3,(H,10,11,12,13). The molecule has 7 nitrogen and oxygen atoms in total. The summed E-state index contributed by atoms with van der Waals surface area (Å²) in [5, 5.41) is 0. The molecule has 1 heterocycles. The third-order valence-corrected chi connectivity index (χ3v) is 1.42. The van der Waals surface area contributed by atoms with E-state index in [0.29, 0.717) is 0 Å². The molecule has 1 unspecified atom stereocenters. The predicted octanol–water partition coefficient (Wildman–Crippen LogP) is -0.434. The van der Waals surface area contributed by atoms with Gasteiger partial charge in [0.25, 0.3) is 0 Å². The average Bonchev–Trinajstić information content (AvgIpc) is 2.28. The van der Waals surface area contributed by atoms with Crippen LogP contribution in [0.25, 0.3) is 0 Å². The molecule has 0 aliphatic heterocycles. The number of hydrazine groups is 1.